The molecule has 0 aromatic heterocycles. The highest BCUT2D eigenvalue weighted by atomic mass is 32.2. The molecular weight excluding hydrogens is 374 g/mol. The number of benzene rings is 2. The summed E-state index contributed by atoms with van der Waals surface area (Å²) < 4.78 is 53.8. The Morgan fingerprint density at radius 3 is 2.44 bits per heavy atom. The molecule has 27 heavy (non-hydrogen) atoms. The standard InChI is InChI=1S/C19H20F2N2O3S/c1-11-3-7-15(27(25,26)23-14-5-6-14)10-16(11)19(24)22-12(2)13-4-8-17(20)18(21)9-13/h3-4,7-10,12,14,23H,5-6H2,1-2H3,(H,22,24). The third-order valence-electron chi connectivity index (χ3n) is 4.45. The molecule has 1 amide bonds. The molecule has 0 saturated heterocycles. The van der Waals surface area contributed by atoms with Gasteiger partial charge in [-0.25, -0.2) is 21.9 Å². The summed E-state index contributed by atoms with van der Waals surface area (Å²) in [5, 5.41) is 2.69. The fourth-order valence-electron chi connectivity index (χ4n) is 2.64. The zero-order chi connectivity index (χ0) is 19.8. The van der Waals surface area contributed by atoms with Crippen LogP contribution in [0.1, 0.15) is 47.3 Å². The maximum absolute atomic E-state index is 13.4. The zero-order valence-electron chi connectivity index (χ0n) is 14.9. The maximum atomic E-state index is 13.4. The molecule has 2 aromatic carbocycles. The Hall–Kier alpha value is -2.32. The summed E-state index contributed by atoms with van der Waals surface area (Å²) >= 11 is 0. The van der Waals surface area contributed by atoms with E-state index in [4.69, 9.17) is 0 Å². The predicted octanol–water partition coefficient (Wildman–Crippen LogP) is 3.20. The highest BCUT2D eigenvalue weighted by molar-refractivity contribution is 7.89. The van der Waals surface area contributed by atoms with E-state index in [1.165, 1.54) is 18.2 Å². The van der Waals surface area contributed by atoms with E-state index in [0.29, 0.717) is 11.1 Å². The van der Waals surface area contributed by atoms with E-state index in [2.05, 4.69) is 10.0 Å². The minimum absolute atomic E-state index is 0.0191. The van der Waals surface area contributed by atoms with Gasteiger partial charge in [-0.1, -0.05) is 12.1 Å². The van der Waals surface area contributed by atoms with E-state index in [1.807, 2.05) is 0 Å². The van der Waals surface area contributed by atoms with Gasteiger partial charge in [0.2, 0.25) is 10.0 Å². The van der Waals surface area contributed by atoms with Crippen molar-refractivity contribution in [1.29, 1.82) is 0 Å². The summed E-state index contributed by atoms with van der Waals surface area (Å²) in [7, 11) is -3.68. The van der Waals surface area contributed by atoms with Gasteiger partial charge in [0.05, 0.1) is 10.9 Å². The van der Waals surface area contributed by atoms with Crippen LogP contribution < -0.4 is 10.0 Å². The molecule has 0 radical (unpaired) electrons. The second kappa shape index (κ2) is 7.36. The van der Waals surface area contributed by atoms with Gasteiger partial charge in [-0.15, -0.1) is 0 Å². The Bertz CT molecular complexity index is 988. The van der Waals surface area contributed by atoms with E-state index in [-0.39, 0.29) is 16.5 Å². The van der Waals surface area contributed by atoms with Crippen LogP contribution in [0.5, 0.6) is 0 Å². The number of carbonyl (C=O) groups excluding carboxylic acids is 1. The Morgan fingerprint density at radius 1 is 1.11 bits per heavy atom. The molecule has 1 aliphatic carbocycles. The van der Waals surface area contributed by atoms with Crippen molar-refractivity contribution in [3.8, 4) is 0 Å². The first kappa shape index (κ1) is 19.4. The third kappa shape index (κ3) is 4.51. The van der Waals surface area contributed by atoms with Crippen molar-refractivity contribution < 1.29 is 22.0 Å². The van der Waals surface area contributed by atoms with Crippen molar-refractivity contribution in [2.45, 2.75) is 43.7 Å². The van der Waals surface area contributed by atoms with Crippen LogP contribution in [0, 0.1) is 18.6 Å². The lowest BCUT2D eigenvalue weighted by Gasteiger charge is -2.16. The van der Waals surface area contributed by atoms with Crippen LogP contribution in [0.4, 0.5) is 8.78 Å². The molecule has 1 saturated carbocycles. The average molecular weight is 394 g/mol. The SMILES string of the molecule is Cc1ccc(S(=O)(=O)NC2CC2)cc1C(=O)NC(C)c1ccc(F)c(F)c1. The molecule has 1 atom stereocenters. The van der Waals surface area contributed by atoms with E-state index in [9.17, 15) is 22.0 Å². The molecule has 2 aromatic rings. The van der Waals surface area contributed by atoms with E-state index < -0.39 is 33.6 Å². The number of aryl methyl sites for hydroxylation is 1. The van der Waals surface area contributed by atoms with Crippen LogP contribution in [0.3, 0.4) is 0 Å². The van der Waals surface area contributed by atoms with Crippen molar-refractivity contribution in [3.05, 3.63) is 64.7 Å². The van der Waals surface area contributed by atoms with Gasteiger partial charge in [-0.05, 0) is 62.1 Å². The highest BCUT2D eigenvalue weighted by Gasteiger charge is 2.28. The number of nitrogens with one attached hydrogen (secondary N) is 2. The second-order valence-electron chi connectivity index (χ2n) is 6.74. The average Bonchev–Trinajstić information content (AvgIpc) is 3.40. The molecule has 0 bridgehead atoms. The highest BCUT2D eigenvalue weighted by Crippen LogP contribution is 2.24. The first-order valence-electron chi connectivity index (χ1n) is 8.56. The molecule has 0 aliphatic heterocycles. The van der Waals surface area contributed by atoms with Gasteiger partial charge in [0.1, 0.15) is 0 Å². The van der Waals surface area contributed by atoms with Gasteiger partial charge in [0.15, 0.2) is 11.6 Å². The van der Waals surface area contributed by atoms with Crippen LogP contribution in [0.25, 0.3) is 0 Å². The van der Waals surface area contributed by atoms with Crippen molar-refractivity contribution in [2.24, 2.45) is 0 Å². The molecule has 0 heterocycles. The Kier molecular flexibility index (Phi) is 5.30. The summed E-state index contributed by atoms with van der Waals surface area (Å²) in [6.45, 7) is 3.33. The minimum Gasteiger partial charge on any atom is -0.346 e. The molecule has 2 N–H and O–H groups in total. The molecule has 1 unspecified atom stereocenters. The van der Waals surface area contributed by atoms with Gasteiger partial charge in [0.25, 0.3) is 5.91 Å². The number of carbonyl (C=O) groups is 1. The summed E-state index contributed by atoms with van der Waals surface area (Å²) in [5.74, 6) is -2.45. The normalized spacial score (nSPS) is 15.4. The fourth-order valence-corrected chi connectivity index (χ4v) is 3.97. The fraction of sp³-hybridized carbons (Fsp3) is 0.316. The summed E-state index contributed by atoms with van der Waals surface area (Å²) in [6, 6.07) is 7.13. The predicted molar refractivity (Wildman–Crippen MR) is 96.8 cm³/mol. The second-order valence-corrected chi connectivity index (χ2v) is 8.45. The number of hydrogen-bond acceptors (Lipinski definition) is 3. The lowest BCUT2D eigenvalue weighted by molar-refractivity contribution is 0.0939. The van der Waals surface area contributed by atoms with Crippen LogP contribution >= 0.6 is 0 Å². The molecular formula is C19H20F2N2O3S. The molecule has 3 rings (SSSR count). The minimum atomic E-state index is -3.68. The summed E-state index contributed by atoms with van der Waals surface area (Å²) in [4.78, 5) is 12.6. The quantitative estimate of drug-likeness (QED) is 0.790. The number of amides is 1. The Morgan fingerprint density at radius 2 is 1.81 bits per heavy atom. The van der Waals surface area contributed by atoms with Crippen LogP contribution in [0.15, 0.2) is 41.3 Å². The van der Waals surface area contributed by atoms with Crippen molar-refractivity contribution >= 4 is 15.9 Å². The van der Waals surface area contributed by atoms with Crippen molar-refractivity contribution in [1.82, 2.24) is 10.0 Å². The summed E-state index contributed by atoms with van der Waals surface area (Å²) in [6.07, 6.45) is 1.62. The first-order valence-corrected chi connectivity index (χ1v) is 10.0. The monoisotopic (exact) mass is 394 g/mol. The molecule has 0 spiro atoms. The molecule has 1 aliphatic rings. The molecule has 1 fully saturated rings. The van der Waals surface area contributed by atoms with Crippen LogP contribution in [-0.4, -0.2) is 20.4 Å². The van der Waals surface area contributed by atoms with Crippen molar-refractivity contribution in [2.75, 3.05) is 0 Å². The Labute approximate surface area is 156 Å². The first-order chi connectivity index (χ1) is 12.7. The van der Waals surface area contributed by atoms with Gasteiger partial charge >= 0.3 is 0 Å². The topological polar surface area (TPSA) is 75.3 Å². The molecule has 144 valence electrons. The van der Waals surface area contributed by atoms with E-state index in [1.54, 1.807) is 19.9 Å². The lowest BCUT2D eigenvalue weighted by atomic mass is 10.1. The van der Waals surface area contributed by atoms with Crippen molar-refractivity contribution in [3.63, 3.8) is 0 Å². The number of halogens is 2. The number of rotatable bonds is 6. The van der Waals surface area contributed by atoms with E-state index in [0.717, 1.165) is 25.0 Å². The largest absolute Gasteiger partial charge is 0.346 e. The van der Waals surface area contributed by atoms with Gasteiger partial charge in [-0.2, -0.15) is 0 Å². The Balaban J connectivity index is 1.81. The van der Waals surface area contributed by atoms with Crippen LogP contribution in [-0.2, 0) is 10.0 Å². The number of hydrogen-bond donors (Lipinski definition) is 2. The summed E-state index contributed by atoms with van der Waals surface area (Å²) in [5.41, 5.74) is 1.22. The smallest absolute Gasteiger partial charge is 0.252 e. The van der Waals surface area contributed by atoms with Gasteiger partial charge in [-0.3, -0.25) is 4.79 Å². The molecule has 5 nitrogen and oxygen atoms in total. The number of sulfonamides is 1. The third-order valence-corrected chi connectivity index (χ3v) is 5.97. The van der Waals surface area contributed by atoms with E-state index >= 15 is 0 Å². The van der Waals surface area contributed by atoms with Crippen LogP contribution in [0.2, 0.25) is 0 Å². The molecule has 8 heteroatoms. The van der Waals surface area contributed by atoms with Gasteiger partial charge in [0, 0.05) is 11.6 Å². The maximum Gasteiger partial charge on any atom is 0.252 e. The lowest BCUT2D eigenvalue weighted by Crippen LogP contribution is -2.29. The van der Waals surface area contributed by atoms with Gasteiger partial charge < -0.3 is 5.32 Å². The zero-order valence-corrected chi connectivity index (χ0v) is 15.7.